The molecule has 0 aromatic heterocycles. The van der Waals surface area contributed by atoms with Gasteiger partial charge in [-0.05, 0) is 35.8 Å². The number of thioether (sulfide) groups is 2. The first kappa shape index (κ1) is 9.84. The van der Waals surface area contributed by atoms with E-state index in [4.69, 9.17) is 0 Å². The molecule has 0 N–H and O–H groups in total. The lowest BCUT2D eigenvalue weighted by molar-refractivity contribution is 1.16. The maximum Gasteiger partial charge on any atom is 0.0936 e. The van der Waals surface area contributed by atoms with Crippen LogP contribution in [0.25, 0.3) is 0 Å². The molecule has 0 aliphatic carbocycles. The molecule has 0 nitrogen and oxygen atoms in total. The molecular formula is C12H10S2. The van der Waals surface area contributed by atoms with Gasteiger partial charge in [-0.2, -0.15) is 0 Å². The predicted octanol–water partition coefficient (Wildman–Crippen LogP) is 3.03. The molecule has 2 atom stereocenters. The Balaban J connectivity index is 2.10. The van der Waals surface area contributed by atoms with E-state index in [0.29, 0.717) is 10.5 Å². The molecule has 2 unspecified atom stereocenters. The topological polar surface area (TPSA) is 0 Å². The van der Waals surface area contributed by atoms with Crippen LogP contribution in [0, 0.1) is 23.7 Å². The minimum atomic E-state index is 0.334. The van der Waals surface area contributed by atoms with Crippen molar-refractivity contribution in [3.05, 3.63) is 22.0 Å². The fraction of sp³-hybridized carbons (Fsp3) is 0.333. The molecular weight excluding hydrogens is 208 g/mol. The summed E-state index contributed by atoms with van der Waals surface area (Å²) in [5, 5.41) is 0.669. The van der Waals surface area contributed by atoms with Gasteiger partial charge < -0.3 is 0 Å². The second-order valence-corrected chi connectivity index (χ2v) is 5.94. The van der Waals surface area contributed by atoms with Crippen LogP contribution in [0.3, 0.4) is 0 Å². The van der Waals surface area contributed by atoms with E-state index in [1.807, 2.05) is 35.7 Å². The van der Waals surface area contributed by atoms with Gasteiger partial charge in [-0.15, -0.1) is 23.5 Å². The van der Waals surface area contributed by atoms with Crippen molar-refractivity contribution in [2.45, 2.75) is 24.3 Å². The van der Waals surface area contributed by atoms with Gasteiger partial charge in [-0.25, -0.2) is 0 Å². The summed E-state index contributed by atoms with van der Waals surface area (Å²) in [6.07, 6.45) is 3.95. The highest BCUT2D eigenvalue weighted by molar-refractivity contribution is 8.07. The van der Waals surface area contributed by atoms with Crippen molar-refractivity contribution in [1.29, 1.82) is 0 Å². The van der Waals surface area contributed by atoms with E-state index in [1.54, 1.807) is 0 Å². The zero-order valence-electron chi connectivity index (χ0n) is 8.13. The normalized spacial score (nSPS) is 29.0. The molecule has 0 radical (unpaired) electrons. The summed E-state index contributed by atoms with van der Waals surface area (Å²) >= 11 is 3.66. The summed E-state index contributed by atoms with van der Waals surface area (Å²) in [7, 11) is 0. The van der Waals surface area contributed by atoms with Crippen LogP contribution >= 0.6 is 23.5 Å². The van der Waals surface area contributed by atoms with Crippen LogP contribution in [0.15, 0.2) is 22.0 Å². The summed E-state index contributed by atoms with van der Waals surface area (Å²) in [5.74, 6) is 12.6. The molecule has 2 heteroatoms. The lowest BCUT2D eigenvalue weighted by Gasteiger charge is -2.20. The van der Waals surface area contributed by atoms with Crippen molar-refractivity contribution in [2.24, 2.45) is 0 Å². The molecule has 0 aromatic rings. The summed E-state index contributed by atoms with van der Waals surface area (Å²) in [5.41, 5.74) is 0. The number of allylic oxidation sites excluding steroid dienone is 4. The number of hydrogen-bond acceptors (Lipinski definition) is 2. The van der Waals surface area contributed by atoms with E-state index in [9.17, 15) is 0 Å². The van der Waals surface area contributed by atoms with Crippen molar-refractivity contribution < 1.29 is 0 Å². The second kappa shape index (κ2) is 4.22. The Morgan fingerprint density at radius 2 is 1.36 bits per heavy atom. The first-order chi connectivity index (χ1) is 6.75. The molecule has 0 bridgehead atoms. The lowest BCUT2D eigenvalue weighted by Crippen LogP contribution is -2.18. The van der Waals surface area contributed by atoms with Crippen molar-refractivity contribution in [3.63, 3.8) is 0 Å². The highest BCUT2D eigenvalue weighted by Gasteiger charge is 2.22. The number of rotatable bonds is 1. The van der Waals surface area contributed by atoms with Crippen molar-refractivity contribution in [3.8, 4) is 23.7 Å². The molecule has 2 aliphatic heterocycles. The van der Waals surface area contributed by atoms with Gasteiger partial charge in [0.05, 0.1) is 10.5 Å². The SMILES string of the molecule is CC1=CC#CC(C2C#CC=C(C)S2)S1. The Kier molecular flexibility index (Phi) is 2.96. The fourth-order valence-corrected chi connectivity index (χ4v) is 3.28. The average molecular weight is 218 g/mol. The maximum atomic E-state index is 3.23. The van der Waals surface area contributed by atoms with Gasteiger partial charge in [0.25, 0.3) is 0 Å². The average Bonchev–Trinajstić information content (AvgIpc) is 2.18. The van der Waals surface area contributed by atoms with E-state index < -0.39 is 0 Å². The monoisotopic (exact) mass is 218 g/mol. The van der Waals surface area contributed by atoms with Gasteiger partial charge >= 0.3 is 0 Å². The maximum absolute atomic E-state index is 3.23. The quantitative estimate of drug-likeness (QED) is 0.620. The van der Waals surface area contributed by atoms with Gasteiger partial charge in [0.2, 0.25) is 0 Å². The lowest BCUT2D eigenvalue weighted by atomic mass is 10.2. The minimum Gasteiger partial charge on any atom is -0.111 e. The largest absolute Gasteiger partial charge is 0.111 e. The van der Waals surface area contributed by atoms with Crippen LogP contribution < -0.4 is 0 Å². The van der Waals surface area contributed by atoms with Gasteiger partial charge in [0.15, 0.2) is 0 Å². The Bertz CT molecular complexity index is 379. The van der Waals surface area contributed by atoms with Crippen LogP contribution in [0.4, 0.5) is 0 Å². The Morgan fingerprint density at radius 1 is 0.929 bits per heavy atom. The smallest absolute Gasteiger partial charge is 0.0936 e. The summed E-state index contributed by atoms with van der Waals surface area (Å²) in [6.45, 7) is 4.21. The molecule has 0 spiro atoms. The summed E-state index contributed by atoms with van der Waals surface area (Å²) in [4.78, 5) is 2.59. The molecule has 0 aromatic carbocycles. The highest BCUT2D eigenvalue weighted by Crippen LogP contribution is 2.34. The van der Waals surface area contributed by atoms with Crippen molar-refractivity contribution in [2.75, 3.05) is 0 Å². The van der Waals surface area contributed by atoms with Gasteiger partial charge in [-0.3, -0.25) is 0 Å². The molecule has 14 heavy (non-hydrogen) atoms. The third-order valence-corrected chi connectivity index (χ3v) is 4.34. The van der Waals surface area contributed by atoms with Gasteiger partial charge in [0.1, 0.15) is 0 Å². The number of hydrogen-bond donors (Lipinski definition) is 0. The van der Waals surface area contributed by atoms with E-state index >= 15 is 0 Å². The van der Waals surface area contributed by atoms with E-state index in [2.05, 4.69) is 37.5 Å². The second-order valence-electron chi connectivity index (χ2n) is 3.16. The van der Waals surface area contributed by atoms with Crippen LogP contribution in [-0.4, -0.2) is 10.5 Å². The predicted molar refractivity (Wildman–Crippen MR) is 65.8 cm³/mol. The van der Waals surface area contributed by atoms with Crippen LogP contribution in [-0.2, 0) is 0 Å². The van der Waals surface area contributed by atoms with Gasteiger partial charge in [-0.1, -0.05) is 23.7 Å². The van der Waals surface area contributed by atoms with Crippen LogP contribution in [0.2, 0.25) is 0 Å². The molecule has 0 amide bonds. The van der Waals surface area contributed by atoms with Crippen LogP contribution in [0.1, 0.15) is 13.8 Å². The van der Waals surface area contributed by atoms with E-state index in [1.165, 1.54) is 9.81 Å². The Morgan fingerprint density at radius 3 is 1.71 bits per heavy atom. The van der Waals surface area contributed by atoms with Crippen molar-refractivity contribution >= 4 is 23.5 Å². The fourth-order valence-electron chi connectivity index (χ4n) is 1.25. The molecule has 0 fully saturated rings. The summed E-state index contributed by atoms with van der Waals surface area (Å²) in [6, 6.07) is 0. The Labute approximate surface area is 93.6 Å². The molecule has 70 valence electrons. The first-order valence-corrected chi connectivity index (χ1v) is 6.20. The summed E-state index contributed by atoms with van der Waals surface area (Å²) < 4.78 is 0. The molecule has 0 saturated heterocycles. The Hall–Kier alpha value is -0.700. The highest BCUT2D eigenvalue weighted by atomic mass is 32.2. The third kappa shape index (κ3) is 2.21. The molecule has 2 aliphatic rings. The van der Waals surface area contributed by atoms with E-state index in [0.717, 1.165) is 0 Å². The zero-order valence-corrected chi connectivity index (χ0v) is 9.76. The van der Waals surface area contributed by atoms with E-state index in [-0.39, 0.29) is 0 Å². The first-order valence-electron chi connectivity index (χ1n) is 4.45. The van der Waals surface area contributed by atoms with Crippen molar-refractivity contribution in [1.82, 2.24) is 0 Å². The molecule has 2 heterocycles. The molecule has 2 rings (SSSR count). The van der Waals surface area contributed by atoms with Gasteiger partial charge in [0, 0.05) is 0 Å². The molecule has 0 saturated carbocycles. The third-order valence-electron chi connectivity index (χ3n) is 1.90. The van der Waals surface area contributed by atoms with Crippen LogP contribution in [0.5, 0.6) is 0 Å². The minimum absolute atomic E-state index is 0.334. The zero-order chi connectivity index (χ0) is 9.97. The standard InChI is InChI=1S/C12H10S2/c1-9-5-3-7-11(13-9)12-8-4-6-10(2)14-12/h5-6,11-12H,1-2H3.